The van der Waals surface area contributed by atoms with E-state index < -0.39 is 10.8 Å². The van der Waals surface area contributed by atoms with Crippen molar-refractivity contribution >= 4 is 23.2 Å². The monoisotopic (exact) mass is 354 g/mol. The van der Waals surface area contributed by atoms with E-state index in [0.717, 1.165) is 11.4 Å². The molecule has 0 atom stereocenters. The van der Waals surface area contributed by atoms with E-state index in [1.54, 1.807) is 11.6 Å². The molecule has 0 aromatic carbocycles. The molecule has 10 heteroatoms. The fourth-order valence-corrected chi connectivity index (χ4v) is 2.41. The van der Waals surface area contributed by atoms with Crippen LogP contribution in [0.5, 0.6) is 0 Å². The van der Waals surface area contributed by atoms with Gasteiger partial charge < -0.3 is 5.32 Å². The van der Waals surface area contributed by atoms with E-state index in [1.807, 2.05) is 13.8 Å². The van der Waals surface area contributed by atoms with Crippen molar-refractivity contribution in [1.29, 1.82) is 0 Å². The summed E-state index contributed by atoms with van der Waals surface area (Å²) in [5, 5.41) is 22.5. The number of hydrogen-bond donors (Lipinski definition) is 1. The molecule has 24 heavy (non-hydrogen) atoms. The number of nitrogens with zero attached hydrogens (tertiary/aromatic N) is 5. The van der Waals surface area contributed by atoms with Crippen molar-refractivity contribution in [3.63, 3.8) is 0 Å². The van der Waals surface area contributed by atoms with Crippen LogP contribution in [-0.2, 0) is 13.1 Å². The summed E-state index contributed by atoms with van der Waals surface area (Å²) in [6.07, 6.45) is 1.87. The number of nitro groups is 1. The van der Waals surface area contributed by atoms with Crippen molar-refractivity contribution in [2.75, 3.05) is 6.54 Å². The molecule has 2 rings (SSSR count). The maximum atomic E-state index is 12.1. The summed E-state index contributed by atoms with van der Waals surface area (Å²) >= 11 is 6.08. The standard InChI is InChI=1S/C14H19ClN6O3/c1-4-19-8-11(21(23)24)13(18-19)14(22)16-6-5-7-20-10(3)12(15)9(2)17-20/h8H,4-7H2,1-3H3,(H,16,22). The summed E-state index contributed by atoms with van der Waals surface area (Å²) in [5.74, 6) is -0.555. The Balaban J connectivity index is 1.93. The Morgan fingerprint density at radius 2 is 2.12 bits per heavy atom. The van der Waals surface area contributed by atoms with Crippen LogP contribution in [0.25, 0.3) is 0 Å². The van der Waals surface area contributed by atoms with Gasteiger partial charge in [0.25, 0.3) is 5.91 Å². The third kappa shape index (κ3) is 3.73. The number of carbonyl (C=O) groups is 1. The van der Waals surface area contributed by atoms with E-state index in [4.69, 9.17) is 11.6 Å². The van der Waals surface area contributed by atoms with E-state index >= 15 is 0 Å². The minimum atomic E-state index is -0.605. The summed E-state index contributed by atoms with van der Waals surface area (Å²) in [4.78, 5) is 22.5. The number of amides is 1. The smallest absolute Gasteiger partial charge is 0.320 e. The lowest BCUT2D eigenvalue weighted by Gasteiger charge is -2.05. The first kappa shape index (κ1) is 17.9. The van der Waals surface area contributed by atoms with E-state index in [2.05, 4.69) is 15.5 Å². The molecule has 0 aliphatic heterocycles. The predicted octanol–water partition coefficient (Wildman–Crippen LogP) is 2.10. The Morgan fingerprint density at radius 3 is 2.67 bits per heavy atom. The van der Waals surface area contributed by atoms with Crippen LogP contribution < -0.4 is 5.32 Å². The van der Waals surface area contributed by atoms with Crippen LogP contribution in [0, 0.1) is 24.0 Å². The van der Waals surface area contributed by atoms with Gasteiger partial charge in [-0.05, 0) is 27.2 Å². The third-order valence-electron chi connectivity index (χ3n) is 3.60. The molecular weight excluding hydrogens is 336 g/mol. The van der Waals surface area contributed by atoms with Gasteiger partial charge in [-0.15, -0.1) is 0 Å². The fraction of sp³-hybridized carbons (Fsp3) is 0.500. The zero-order valence-electron chi connectivity index (χ0n) is 13.7. The number of hydrogen-bond acceptors (Lipinski definition) is 5. The van der Waals surface area contributed by atoms with Crippen molar-refractivity contribution < 1.29 is 9.72 Å². The van der Waals surface area contributed by atoms with Gasteiger partial charge in [-0.25, -0.2) is 0 Å². The Kier molecular flexibility index (Phi) is 5.55. The molecular formula is C14H19ClN6O3. The number of nitrogens with one attached hydrogen (secondary N) is 1. The zero-order valence-corrected chi connectivity index (χ0v) is 14.5. The van der Waals surface area contributed by atoms with Crippen LogP contribution in [0.2, 0.25) is 5.02 Å². The van der Waals surface area contributed by atoms with Crippen LogP contribution in [0.3, 0.4) is 0 Å². The molecule has 2 aromatic heterocycles. The van der Waals surface area contributed by atoms with Crippen molar-refractivity contribution in [3.05, 3.63) is 38.4 Å². The molecule has 0 radical (unpaired) electrons. The highest BCUT2D eigenvalue weighted by Gasteiger charge is 2.24. The van der Waals surface area contributed by atoms with Gasteiger partial charge in [0.15, 0.2) is 0 Å². The average Bonchev–Trinajstić information content (AvgIpc) is 3.09. The van der Waals surface area contributed by atoms with Crippen LogP contribution in [0.1, 0.15) is 35.2 Å². The summed E-state index contributed by atoms with van der Waals surface area (Å²) in [6, 6.07) is 0. The Labute approximate surface area is 143 Å². The summed E-state index contributed by atoms with van der Waals surface area (Å²) in [5.41, 5.74) is 1.17. The van der Waals surface area contributed by atoms with Crippen LogP contribution in [0.4, 0.5) is 5.69 Å². The minimum Gasteiger partial charge on any atom is -0.350 e. The largest absolute Gasteiger partial charge is 0.350 e. The van der Waals surface area contributed by atoms with Gasteiger partial charge in [0.2, 0.25) is 5.69 Å². The van der Waals surface area contributed by atoms with Gasteiger partial charge in [0.1, 0.15) is 6.20 Å². The van der Waals surface area contributed by atoms with E-state index in [-0.39, 0.29) is 11.4 Å². The van der Waals surface area contributed by atoms with E-state index in [1.165, 1.54) is 10.9 Å². The fourth-order valence-electron chi connectivity index (χ4n) is 2.28. The van der Waals surface area contributed by atoms with Crippen molar-refractivity contribution in [2.24, 2.45) is 0 Å². The Bertz CT molecular complexity index is 767. The molecule has 0 aliphatic carbocycles. The maximum absolute atomic E-state index is 12.1. The zero-order chi connectivity index (χ0) is 17.9. The highest BCUT2D eigenvalue weighted by Crippen LogP contribution is 2.19. The Morgan fingerprint density at radius 1 is 1.42 bits per heavy atom. The highest BCUT2D eigenvalue weighted by atomic mass is 35.5. The minimum absolute atomic E-state index is 0.170. The molecule has 2 aromatic rings. The summed E-state index contributed by atoms with van der Waals surface area (Å²) < 4.78 is 3.14. The lowest BCUT2D eigenvalue weighted by Crippen LogP contribution is -2.26. The van der Waals surface area contributed by atoms with E-state index in [9.17, 15) is 14.9 Å². The summed E-state index contributed by atoms with van der Waals surface area (Å²) in [6.45, 7) is 6.89. The topological polar surface area (TPSA) is 108 Å². The molecule has 9 nitrogen and oxygen atoms in total. The first-order valence-corrected chi connectivity index (χ1v) is 7.92. The molecule has 0 fully saturated rings. The molecule has 0 saturated heterocycles. The van der Waals surface area contributed by atoms with Crippen LogP contribution in [0.15, 0.2) is 6.20 Å². The van der Waals surface area contributed by atoms with Crippen molar-refractivity contribution in [1.82, 2.24) is 24.9 Å². The molecule has 0 saturated carbocycles. The molecule has 1 N–H and O–H groups in total. The molecule has 1 amide bonds. The van der Waals surface area contributed by atoms with Gasteiger partial charge in [-0.2, -0.15) is 10.2 Å². The van der Waals surface area contributed by atoms with Crippen LogP contribution >= 0.6 is 11.6 Å². The van der Waals surface area contributed by atoms with Gasteiger partial charge in [0.05, 0.1) is 21.3 Å². The maximum Gasteiger partial charge on any atom is 0.320 e. The Hall–Kier alpha value is -2.42. The number of halogens is 1. The van der Waals surface area contributed by atoms with Gasteiger partial charge in [-0.1, -0.05) is 11.6 Å². The third-order valence-corrected chi connectivity index (χ3v) is 4.15. The number of aryl methyl sites for hydroxylation is 3. The second-order valence-electron chi connectivity index (χ2n) is 5.29. The first-order valence-electron chi connectivity index (χ1n) is 7.54. The lowest BCUT2D eigenvalue weighted by atomic mass is 10.3. The van der Waals surface area contributed by atoms with Gasteiger partial charge in [0, 0.05) is 19.6 Å². The average molecular weight is 355 g/mol. The number of aromatic nitrogens is 4. The van der Waals surface area contributed by atoms with E-state index in [0.29, 0.717) is 31.1 Å². The lowest BCUT2D eigenvalue weighted by molar-refractivity contribution is -0.385. The molecule has 0 unspecified atom stereocenters. The number of carbonyl (C=O) groups excluding carboxylic acids is 1. The van der Waals surface area contributed by atoms with Crippen molar-refractivity contribution in [2.45, 2.75) is 40.3 Å². The van der Waals surface area contributed by atoms with Crippen molar-refractivity contribution in [3.8, 4) is 0 Å². The predicted molar refractivity (Wildman–Crippen MR) is 88.2 cm³/mol. The molecule has 2 heterocycles. The second kappa shape index (κ2) is 7.43. The summed E-state index contributed by atoms with van der Waals surface area (Å²) in [7, 11) is 0. The molecule has 130 valence electrons. The molecule has 0 spiro atoms. The van der Waals surface area contributed by atoms with Gasteiger partial charge in [-0.3, -0.25) is 24.3 Å². The normalized spacial score (nSPS) is 10.8. The quantitative estimate of drug-likeness (QED) is 0.465. The van der Waals surface area contributed by atoms with Gasteiger partial charge >= 0.3 is 5.69 Å². The second-order valence-corrected chi connectivity index (χ2v) is 5.67. The molecule has 0 bridgehead atoms. The first-order chi connectivity index (χ1) is 11.3. The highest BCUT2D eigenvalue weighted by molar-refractivity contribution is 6.31. The molecule has 0 aliphatic rings. The number of rotatable bonds is 7. The van der Waals surface area contributed by atoms with Crippen LogP contribution in [-0.4, -0.2) is 36.9 Å². The SMILES string of the molecule is CCn1cc([N+](=O)[O-])c(C(=O)NCCCn2nc(C)c(Cl)c2C)n1.